The Kier molecular flexibility index (Phi) is 6.38. The molecule has 0 aliphatic rings. The maximum atomic E-state index is 13.5. The molecule has 0 bridgehead atoms. The Balaban J connectivity index is 2.16. The van der Waals surface area contributed by atoms with Crippen molar-refractivity contribution in [1.29, 1.82) is 0 Å². The molecule has 3 aromatic rings. The number of hydrogen-bond acceptors (Lipinski definition) is 5. The van der Waals surface area contributed by atoms with Gasteiger partial charge in [-0.1, -0.05) is 17.7 Å². The number of carbonyl (C=O) groups excluding carboxylic acids is 1. The second kappa shape index (κ2) is 8.81. The Hall–Kier alpha value is -2.97. The lowest BCUT2D eigenvalue weighted by atomic mass is 10.2. The molecule has 0 aliphatic carbocycles. The molecule has 3 rings (SSSR count). The fourth-order valence-corrected chi connectivity index (χ4v) is 4.96. The highest BCUT2D eigenvalue weighted by Crippen LogP contribution is 2.35. The number of nitrogens with one attached hydrogen (secondary N) is 1. The number of methoxy groups -OCH3 is 1. The molecule has 0 radical (unpaired) electrons. The fourth-order valence-electron chi connectivity index (χ4n) is 3.27. The van der Waals surface area contributed by atoms with Crippen molar-refractivity contribution in [2.45, 2.75) is 37.1 Å². The van der Waals surface area contributed by atoms with Crippen molar-refractivity contribution in [2.75, 3.05) is 19.0 Å². The number of ether oxygens (including phenoxy) is 1. The molecular formula is C22H25N3O4S. The maximum Gasteiger partial charge on any atom is 0.256 e. The summed E-state index contributed by atoms with van der Waals surface area (Å²) in [6.45, 7) is 6.26. The number of hydrogen-bond donors (Lipinski definition) is 1. The van der Waals surface area contributed by atoms with Crippen molar-refractivity contribution >= 4 is 21.6 Å². The molecule has 0 fully saturated rings. The summed E-state index contributed by atoms with van der Waals surface area (Å²) >= 11 is 0. The number of sulfone groups is 1. The third-order valence-corrected chi connectivity index (χ3v) is 7.00. The highest BCUT2D eigenvalue weighted by Gasteiger charge is 2.30. The number of pyridine rings is 1. The van der Waals surface area contributed by atoms with E-state index in [1.165, 1.54) is 12.4 Å². The van der Waals surface area contributed by atoms with Crippen LogP contribution in [0.1, 0.15) is 27.2 Å². The monoisotopic (exact) mass is 427 g/mol. The van der Waals surface area contributed by atoms with Gasteiger partial charge >= 0.3 is 0 Å². The van der Waals surface area contributed by atoms with Crippen molar-refractivity contribution in [1.82, 2.24) is 9.55 Å². The van der Waals surface area contributed by atoms with Gasteiger partial charge in [0.05, 0.1) is 11.5 Å². The topological polar surface area (TPSA) is 90.3 Å². The molecule has 2 heterocycles. The average molecular weight is 428 g/mol. The van der Waals surface area contributed by atoms with Crippen molar-refractivity contribution in [2.24, 2.45) is 0 Å². The lowest BCUT2D eigenvalue weighted by molar-refractivity contribution is 0.102. The quantitative estimate of drug-likeness (QED) is 0.623. The van der Waals surface area contributed by atoms with E-state index in [2.05, 4.69) is 10.3 Å². The summed E-state index contributed by atoms with van der Waals surface area (Å²) in [4.78, 5) is 17.0. The molecule has 1 aromatic carbocycles. The van der Waals surface area contributed by atoms with E-state index in [0.717, 1.165) is 11.3 Å². The third-order valence-electron chi connectivity index (χ3n) is 5.07. The van der Waals surface area contributed by atoms with Crippen molar-refractivity contribution in [3.8, 4) is 0 Å². The van der Waals surface area contributed by atoms with Crippen LogP contribution >= 0.6 is 0 Å². The second-order valence-electron chi connectivity index (χ2n) is 7.04. The van der Waals surface area contributed by atoms with Crippen LogP contribution in [-0.4, -0.2) is 37.6 Å². The number of rotatable bonds is 7. The van der Waals surface area contributed by atoms with E-state index in [0.29, 0.717) is 24.3 Å². The molecule has 0 spiro atoms. The Morgan fingerprint density at radius 2 is 1.70 bits per heavy atom. The van der Waals surface area contributed by atoms with E-state index < -0.39 is 15.7 Å². The van der Waals surface area contributed by atoms with Gasteiger partial charge in [-0.25, -0.2) is 8.42 Å². The van der Waals surface area contributed by atoms with Crippen LogP contribution in [-0.2, 0) is 21.1 Å². The summed E-state index contributed by atoms with van der Waals surface area (Å²) in [7, 11) is -2.29. The van der Waals surface area contributed by atoms with E-state index in [1.54, 1.807) is 55.0 Å². The molecular weight excluding hydrogens is 402 g/mol. The van der Waals surface area contributed by atoms with Gasteiger partial charge in [-0.15, -0.1) is 0 Å². The van der Waals surface area contributed by atoms with Crippen LogP contribution < -0.4 is 5.32 Å². The second-order valence-corrected chi connectivity index (χ2v) is 8.93. The van der Waals surface area contributed by atoms with Crippen LogP contribution in [0.2, 0.25) is 0 Å². The normalized spacial score (nSPS) is 11.5. The van der Waals surface area contributed by atoms with Crippen LogP contribution in [0, 0.1) is 20.8 Å². The minimum absolute atomic E-state index is 0.0994. The SMILES string of the molecule is COCCn1c(C)c(C)c(S(=O)(=O)c2ccc(C)cc2)c1NC(=O)c1ccncc1. The minimum Gasteiger partial charge on any atom is -0.383 e. The van der Waals surface area contributed by atoms with Crippen LogP contribution in [0.15, 0.2) is 58.6 Å². The van der Waals surface area contributed by atoms with Crippen LogP contribution in [0.5, 0.6) is 0 Å². The predicted molar refractivity (Wildman–Crippen MR) is 115 cm³/mol. The van der Waals surface area contributed by atoms with Crippen molar-refractivity contribution in [3.05, 3.63) is 71.2 Å². The number of anilines is 1. The third kappa shape index (κ3) is 4.15. The summed E-state index contributed by atoms with van der Waals surface area (Å²) in [6.07, 6.45) is 3.03. The van der Waals surface area contributed by atoms with E-state index in [1.807, 2.05) is 13.8 Å². The van der Waals surface area contributed by atoms with Crippen LogP contribution in [0.3, 0.4) is 0 Å². The van der Waals surface area contributed by atoms with Gasteiger partial charge in [0.1, 0.15) is 10.7 Å². The van der Waals surface area contributed by atoms with Gasteiger partial charge in [-0.2, -0.15) is 0 Å². The lowest BCUT2D eigenvalue weighted by Gasteiger charge is -2.14. The first-order valence-corrected chi connectivity index (χ1v) is 11.0. The number of carbonyl (C=O) groups is 1. The largest absolute Gasteiger partial charge is 0.383 e. The van der Waals surface area contributed by atoms with E-state index in [-0.39, 0.29) is 15.6 Å². The predicted octanol–water partition coefficient (Wildman–Crippen LogP) is 3.54. The standard InChI is InChI=1S/C22H25N3O4S/c1-15-5-7-19(8-6-15)30(27,28)20-16(2)17(3)25(13-14-29-4)21(20)24-22(26)18-9-11-23-12-10-18/h5-12H,13-14H2,1-4H3,(H,24,26). The van der Waals surface area contributed by atoms with Gasteiger partial charge in [0, 0.05) is 37.3 Å². The van der Waals surface area contributed by atoms with Crippen LogP contribution in [0.4, 0.5) is 5.82 Å². The molecule has 1 N–H and O–H groups in total. The molecule has 1 amide bonds. The first kappa shape index (κ1) is 21.7. The van der Waals surface area contributed by atoms with Gasteiger partial charge in [0.2, 0.25) is 9.84 Å². The zero-order valence-electron chi connectivity index (χ0n) is 17.5. The first-order valence-electron chi connectivity index (χ1n) is 9.49. The van der Waals surface area contributed by atoms with Gasteiger partial charge in [-0.3, -0.25) is 9.78 Å². The molecule has 0 saturated carbocycles. The molecule has 2 aromatic heterocycles. The number of aryl methyl sites for hydroxylation is 1. The maximum absolute atomic E-state index is 13.5. The zero-order chi connectivity index (χ0) is 21.9. The summed E-state index contributed by atoms with van der Waals surface area (Å²) in [5, 5.41) is 2.81. The molecule has 0 saturated heterocycles. The van der Waals surface area contributed by atoms with E-state index in [4.69, 9.17) is 4.74 Å². The highest BCUT2D eigenvalue weighted by atomic mass is 32.2. The van der Waals surface area contributed by atoms with Crippen molar-refractivity contribution < 1.29 is 17.9 Å². The lowest BCUT2D eigenvalue weighted by Crippen LogP contribution is -2.19. The first-order chi connectivity index (χ1) is 14.3. The number of aromatic nitrogens is 2. The smallest absolute Gasteiger partial charge is 0.256 e. The molecule has 158 valence electrons. The average Bonchev–Trinajstić information content (AvgIpc) is 2.97. The molecule has 30 heavy (non-hydrogen) atoms. The van der Waals surface area contributed by atoms with Crippen LogP contribution in [0.25, 0.3) is 0 Å². The van der Waals surface area contributed by atoms with Gasteiger partial charge in [0.25, 0.3) is 5.91 Å². The minimum atomic E-state index is -3.86. The Bertz CT molecular complexity index is 1150. The Labute approximate surface area is 176 Å². The summed E-state index contributed by atoms with van der Waals surface area (Å²) < 4.78 is 34.0. The van der Waals surface area contributed by atoms with Crippen molar-refractivity contribution in [3.63, 3.8) is 0 Å². The summed E-state index contributed by atoms with van der Waals surface area (Å²) in [6, 6.07) is 9.83. The van der Waals surface area contributed by atoms with E-state index >= 15 is 0 Å². The van der Waals surface area contributed by atoms with Gasteiger partial charge in [0.15, 0.2) is 0 Å². The van der Waals surface area contributed by atoms with Gasteiger partial charge in [-0.05, 0) is 50.6 Å². The number of amides is 1. The number of benzene rings is 1. The zero-order valence-corrected chi connectivity index (χ0v) is 18.3. The molecule has 0 aliphatic heterocycles. The van der Waals surface area contributed by atoms with E-state index in [9.17, 15) is 13.2 Å². The molecule has 0 unspecified atom stereocenters. The summed E-state index contributed by atoms with van der Waals surface area (Å²) in [5.74, 6) is -0.168. The fraction of sp³-hybridized carbons (Fsp3) is 0.273. The number of nitrogens with zero attached hydrogens (tertiary/aromatic N) is 2. The Morgan fingerprint density at radius 3 is 2.30 bits per heavy atom. The van der Waals surface area contributed by atoms with Gasteiger partial charge < -0.3 is 14.6 Å². The molecule has 0 atom stereocenters. The Morgan fingerprint density at radius 1 is 1.07 bits per heavy atom. The summed E-state index contributed by atoms with van der Waals surface area (Å²) in [5.41, 5.74) is 2.70. The molecule has 8 heteroatoms. The highest BCUT2D eigenvalue weighted by molar-refractivity contribution is 7.91. The molecule has 7 nitrogen and oxygen atoms in total.